The van der Waals surface area contributed by atoms with E-state index < -0.39 is 10.8 Å². The molecule has 2 heterocycles. The van der Waals surface area contributed by atoms with Gasteiger partial charge in [-0.15, -0.1) is 22.7 Å². The van der Waals surface area contributed by atoms with Gasteiger partial charge in [0.25, 0.3) is 0 Å². The molecule has 24 rings (SSSR count). The van der Waals surface area contributed by atoms with Crippen molar-refractivity contribution in [2.45, 2.75) is 49.4 Å². The Morgan fingerprint density at radius 2 is 0.483 bits per heavy atom. The zero-order valence-corrected chi connectivity index (χ0v) is 68.8. The second kappa shape index (κ2) is 27.8. The molecule has 20 aromatic rings. The highest BCUT2D eigenvalue weighted by Crippen LogP contribution is 2.63. The Bertz CT molecular complexity index is 7270. The number of hydrogen-bond donors (Lipinski definition) is 0. The molecular formula is C116H82N2S2. The van der Waals surface area contributed by atoms with E-state index in [1.54, 1.807) is 0 Å². The van der Waals surface area contributed by atoms with Crippen LogP contribution in [0.5, 0.6) is 0 Å². The molecule has 120 heavy (non-hydrogen) atoms. The Labute approximate surface area is 709 Å². The average molecular weight is 1570 g/mol. The van der Waals surface area contributed by atoms with Gasteiger partial charge in [-0.2, -0.15) is 0 Å². The number of nitrogens with zero attached hydrogens (tertiary/aromatic N) is 2. The van der Waals surface area contributed by atoms with E-state index in [4.69, 9.17) is 0 Å². The highest BCUT2D eigenvalue weighted by atomic mass is 32.1. The molecule has 4 heteroatoms. The van der Waals surface area contributed by atoms with E-state index >= 15 is 0 Å². The summed E-state index contributed by atoms with van der Waals surface area (Å²) >= 11 is 3.85. The number of benzene rings is 18. The van der Waals surface area contributed by atoms with Crippen molar-refractivity contribution in [1.82, 2.24) is 0 Å². The summed E-state index contributed by atoms with van der Waals surface area (Å²) in [5, 5.41) is 5.33. The molecule has 4 aliphatic carbocycles. The summed E-state index contributed by atoms with van der Waals surface area (Å²) in [4.78, 5) is 4.96. The lowest BCUT2D eigenvalue weighted by atomic mass is 9.67. The number of thiophene rings is 2. The number of fused-ring (bicyclic) bond motifs is 20. The van der Waals surface area contributed by atoms with E-state index in [-0.39, 0.29) is 10.8 Å². The molecule has 0 bridgehead atoms. The minimum absolute atomic E-state index is 0.129. The first kappa shape index (κ1) is 71.3. The molecule has 0 saturated heterocycles. The van der Waals surface area contributed by atoms with Gasteiger partial charge in [0.1, 0.15) is 0 Å². The quantitative estimate of drug-likeness (QED) is 0.120. The Morgan fingerprint density at radius 3 is 0.942 bits per heavy atom. The largest absolute Gasteiger partial charge is 0.310 e. The van der Waals surface area contributed by atoms with Crippen molar-refractivity contribution in [3.05, 3.63) is 491 Å². The monoisotopic (exact) mass is 1570 g/mol. The van der Waals surface area contributed by atoms with E-state index in [0.29, 0.717) is 0 Å². The van der Waals surface area contributed by atoms with Gasteiger partial charge in [-0.1, -0.05) is 367 Å². The number of rotatable bonds is 12. The van der Waals surface area contributed by atoms with Crippen LogP contribution in [0.15, 0.2) is 425 Å². The van der Waals surface area contributed by atoms with Gasteiger partial charge in [-0.3, -0.25) is 0 Å². The summed E-state index contributed by atoms with van der Waals surface area (Å²) in [5.74, 6) is 0. The molecule has 0 amide bonds. The summed E-state index contributed by atoms with van der Waals surface area (Å²) in [6, 6.07) is 158. The molecule has 4 aliphatic rings. The first-order valence-corrected chi connectivity index (χ1v) is 43.5. The Morgan fingerprint density at radius 1 is 0.192 bits per heavy atom. The van der Waals surface area contributed by atoms with E-state index in [0.717, 1.165) is 34.1 Å². The standard InChI is InChI=1S/2C58H41NS/c1-57(2)51-35-34-48-47-23-13-15-25-54(47)60-56(48)55(51)49-33-31-43(36-52(49)57)59(42-28-26-39(27-29-42)38-16-6-3-7-17-38)44-30-32-46-45-22-12-14-24-50(45)58(53(46)37-44,40-18-8-4-9-19-40)41-20-10-5-11-21-41;1-57(2)50-24-14-12-22-45(50)46-32-30-43(36-52(46)57)59(42-28-26-39(27-29-42)38-16-6-3-7-17-38)44-31-33-49-53(37-44)58(40-18-8-4-9-19-40,41-20-10-5-11-21-41)51-35-34-48-47-23-13-15-25-54(47)60-56(48)55(49)51/h2*3-37H,1-2H3. The molecule has 0 spiro atoms. The van der Waals surface area contributed by atoms with Crippen molar-refractivity contribution >= 4 is 97.1 Å². The molecule has 0 aliphatic heterocycles. The topological polar surface area (TPSA) is 6.48 Å². The Kier molecular flexibility index (Phi) is 16.5. The maximum Gasteiger partial charge on any atom is 0.0714 e. The van der Waals surface area contributed by atoms with Crippen molar-refractivity contribution in [2.24, 2.45) is 0 Å². The fraction of sp³-hybridized carbons (Fsp3) is 0.0690. The summed E-state index contributed by atoms with van der Waals surface area (Å²) in [5.41, 5.74) is 36.7. The molecule has 0 unspecified atom stereocenters. The smallest absolute Gasteiger partial charge is 0.0714 e. The van der Waals surface area contributed by atoms with Crippen LogP contribution in [-0.2, 0) is 21.7 Å². The molecule has 0 N–H and O–H groups in total. The maximum absolute atomic E-state index is 2.51. The first-order valence-electron chi connectivity index (χ1n) is 41.8. The van der Waals surface area contributed by atoms with Crippen LogP contribution in [0.2, 0.25) is 0 Å². The summed E-state index contributed by atoms with van der Waals surface area (Å²) in [6.07, 6.45) is 0. The van der Waals surface area contributed by atoms with Crippen LogP contribution in [0, 0.1) is 0 Å². The van der Waals surface area contributed by atoms with Crippen LogP contribution in [0.25, 0.3) is 107 Å². The van der Waals surface area contributed by atoms with E-state index in [1.807, 2.05) is 22.7 Å². The van der Waals surface area contributed by atoms with Gasteiger partial charge in [0.2, 0.25) is 0 Å². The van der Waals surface area contributed by atoms with Crippen LogP contribution >= 0.6 is 22.7 Å². The summed E-state index contributed by atoms with van der Waals surface area (Å²) in [7, 11) is 0. The van der Waals surface area contributed by atoms with Crippen LogP contribution in [0.3, 0.4) is 0 Å². The van der Waals surface area contributed by atoms with Crippen molar-refractivity contribution < 1.29 is 0 Å². The van der Waals surface area contributed by atoms with Crippen molar-refractivity contribution in [1.29, 1.82) is 0 Å². The molecule has 0 radical (unpaired) electrons. The molecule has 0 saturated carbocycles. The molecule has 568 valence electrons. The van der Waals surface area contributed by atoms with Crippen molar-refractivity contribution in [2.75, 3.05) is 9.80 Å². The van der Waals surface area contributed by atoms with E-state index in [9.17, 15) is 0 Å². The Hall–Kier alpha value is -14.0. The summed E-state index contributed by atoms with van der Waals surface area (Å²) < 4.78 is 5.40. The summed E-state index contributed by atoms with van der Waals surface area (Å²) in [6.45, 7) is 9.55. The third kappa shape index (κ3) is 10.8. The van der Waals surface area contributed by atoms with Crippen LogP contribution in [0.4, 0.5) is 34.1 Å². The highest BCUT2D eigenvalue weighted by molar-refractivity contribution is 7.26. The zero-order chi connectivity index (χ0) is 80.0. The maximum atomic E-state index is 2.51. The number of anilines is 6. The lowest BCUT2D eigenvalue weighted by Gasteiger charge is -2.35. The fourth-order valence-corrected chi connectivity index (χ4v) is 23.7. The number of hydrogen-bond acceptors (Lipinski definition) is 4. The third-order valence-corrected chi connectivity index (χ3v) is 29.1. The predicted molar refractivity (Wildman–Crippen MR) is 509 cm³/mol. The van der Waals surface area contributed by atoms with Crippen LogP contribution in [-0.4, -0.2) is 0 Å². The third-order valence-electron chi connectivity index (χ3n) is 26.7. The lowest BCUT2D eigenvalue weighted by Crippen LogP contribution is -2.28. The molecule has 0 atom stereocenters. The van der Waals surface area contributed by atoms with E-state index in [1.165, 1.54) is 174 Å². The minimum atomic E-state index is -0.544. The van der Waals surface area contributed by atoms with Gasteiger partial charge in [0.15, 0.2) is 0 Å². The van der Waals surface area contributed by atoms with Gasteiger partial charge in [0, 0.05) is 96.4 Å². The molecule has 2 aromatic heterocycles. The van der Waals surface area contributed by atoms with Crippen LogP contribution < -0.4 is 9.80 Å². The fourth-order valence-electron chi connectivity index (χ4n) is 21.2. The highest BCUT2D eigenvalue weighted by Gasteiger charge is 2.50. The van der Waals surface area contributed by atoms with Crippen LogP contribution in [0.1, 0.15) is 94.5 Å². The SMILES string of the molecule is CC1(C)c2cc(N(c3ccc(-c4ccccc4)cc3)c3ccc4c(c3)C(c3ccccc3)(c3ccccc3)c3ccccc3-4)ccc2-c2c1ccc1c2sc2ccccc21.CC1(C)c2ccccc2-c2ccc(N(c3ccc(-c4ccccc4)cc3)c3ccc4c(c3)C(c3ccccc3)(c3ccccc3)c3ccc5c(sc6ccccc65)c3-4)cc21. The lowest BCUT2D eigenvalue weighted by molar-refractivity contribution is 0.660. The average Bonchev–Trinajstić information content (AvgIpc) is 1.53. The first-order chi connectivity index (χ1) is 59.0. The minimum Gasteiger partial charge on any atom is -0.310 e. The van der Waals surface area contributed by atoms with Gasteiger partial charge in [-0.05, 0) is 207 Å². The Balaban J connectivity index is 0.000000140. The second-order valence-electron chi connectivity index (χ2n) is 33.6. The van der Waals surface area contributed by atoms with Gasteiger partial charge in [-0.25, -0.2) is 0 Å². The predicted octanol–water partition coefficient (Wildman–Crippen LogP) is 31.7. The van der Waals surface area contributed by atoms with Crippen molar-refractivity contribution in [3.8, 4) is 66.8 Å². The molecule has 0 fully saturated rings. The zero-order valence-electron chi connectivity index (χ0n) is 67.1. The second-order valence-corrected chi connectivity index (χ2v) is 35.8. The molecule has 2 nitrogen and oxygen atoms in total. The normalized spacial score (nSPS) is 14.1. The van der Waals surface area contributed by atoms with Gasteiger partial charge < -0.3 is 9.80 Å². The van der Waals surface area contributed by atoms with Crippen molar-refractivity contribution in [3.63, 3.8) is 0 Å². The molecule has 18 aromatic carbocycles. The van der Waals surface area contributed by atoms with E-state index in [2.05, 4.69) is 462 Å². The van der Waals surface area contributed by atoms with Gasteiger partial charge >= 0.3 is 0 Å². The molecular weight excluding hydrogens is 1490 g/mol. The van der Waals surface area contributed by atoms with Gasteiger partial charge in [0.05, 0.1) is 10.8 Å².